The Morgan fingerprint density at radius 2 is 1.93 bits per heavy atom. The van der Waals surface area contributed by atoms with Gasteiger partial charge in [0.25, 0.3) is 5.69 Å². The highest BCUT2D eigenvalue weighted by molar-refractivity contribution is 8.93. The molecule has 2 heterocycles. The number of nitro benzene ring substituents is 1. The third-order valence-electron chi connectivity index (χ3n) is 4.56. The van der Waals surface area contributed by atoms with Crippen LogP contribution >= 0.6 is 28.3 Å². The van der Waals surface area contributed by atoms with Crippen LogP contribution < -0.4 is 5.32 Å². The second-order valence-electron chi connectivity index (χ2n) is 6.35. The second-order valence-corrected chi connectivity index (χ2v) is 7.21. The molecule has 0 saturated heterocycles. The molecule has 0 spiro atoms. The molecule has 0 aliphatic carbocycles. The molecule has 0 aliphatic rings. The van der Waals surface area contributed by atoms with Gasteiger partial charge in [0.2, 0.25) is 0 Å². The minimum absolute atomic E-state index is 0. The van der Waals surface area contributed by atoms with Crippen molar-refractivity contribution in [1.82, 2.24) is 9.97 Å². The molecule has 8 nitrogen and oxygen atoms in total. The maximum absolute atomic E-state index is 11.5. The summed E-state index contributed by atoms with van der Waals surface area (Å²) in [7, 11) is 0. The number of aromatic carboxylic acids is 1. The molecule has 30 heavy (non-hydrogen) atoms. The molecule has 4 rings (SSSR count). The molecule has 2 aromatic heterocycles. The Balaban J connectivity index is 0.00000256. The smallest absolute Gasteiger partial charge is 0.352 e. The van der Waals surface area contributed by atoms with Crippen LogP contribution in [0.2, 0.25) is 0 Å². The van der Waals surface area contributed by atoms with E-state index in [4.69, 9.17) is 0 Å². The number of benzene rings is 2. The number of nitrogens with one attached hydrogen (secondary N) is 2. The number of anilines is 1. The number of carboxylic acid groups (broad SMARTS) is 1. The van der Waals surface area contributed by atoms with Crippen molar-refractivity contribution in [3.05, 3.63) is 75.3 Å². The van der Waals surface area contributed by atoms with Crippen molar-refractivity contribution in [2.45, 2.75) is 6.42 Å². The van der Waals surface area contributed by atoms with Crippen molar-refractivity contribution in [3.8, 4) is 11.3 Å². The first-order chi connectivity index (χ1) is 14.0. The largest absolute Gasteiger partial charge is 0.477 e. The fourth-order valence-corrected chi connectivity index (χ4v) is 3.93. The first kappa shape index (κ1) is 21.5. The lowest BCUT2D eigenvalue weighted by molar-refractivity contribution is -0.384. The Hall–Kier alpha value is -3.24. The Morgan fingerprint density at radius 1 is 1.20 bits per heavy atom. The summed E-state index contributed by atoms with van der Waals surface area (Å²) in [6.07, 6.45) is 0.526. The number of fused-ring (bicyclic) bond motifs is 1. The van der Waals surface area contributed by atoms with E-state index in [1.54, 1.807) is 12.1 Å². The van der Waals surface area contributed by atoms with Gasteiger partial charge >= 0.3 is 5.97 Å². The fourth-order valence-electron chi connectivity index (χ4n) is 3.18. The molecular weight excluding hydrogens is 472 g/mol. The van der Waals surface area contributed by atoms with Gasteiger partial charge in [0.1, 0.15) is 5.69 Å². The quantitative estimate of drug-likeness (QED) is 0.245. The SMILES string of the molecule is Br.O=C(O)c1[nH]c2ccccc2c1CCNc1nc(-c2ccc([N+](=O)[O-])cc2)cs1. The summed E-state index contributed by atoms with van der Waals surface area (Å²) >= 11 is 1.43. The predicted molar refractivity (Wildman–Crippen MR) is 122 cm³/mol. The van der Waals surface area contributed by atoms with Gasteiger partial charge < -0.3 is 15.4 Å². The van der Waals surface area contributed by atoms with Gasteiger partial charge in [-0.15, -0.1) is 28.3 Å². The van der Waals surface area contributed by atoms with Gasteiger partial charge in [-0.1, -0.05) is 18.2 Å². The molecule has 0 amide bonds. The van der Waals surface area contributed by atoms with Crippen LogP contribution in [0.25, 0.3) is 22.2 Å². The topological polar surface area (TPSA) is 121 Å². The molecule has 3 N–H and O–H groups in total. The zero-order chi connectivity index (χ0) is 20.4. The lowest BCUT2D eigenvalue weighted by atomic mass is 10.1. The van der Waals surface area contributed by atoms with E-state index >= 15 is 0 Å². The monoisotopic (exact) mass is 488 g/mol. The molecule has 0 radical (unpaired) electrons. The number of nitro groups is 1. The zero-order valence-electron chi connectivity index (χ0n) is 15.5. The van der Waals surface area contributed by atoms with Gasteiger partial charge in [0.15, 0.2) is 5.13 Å². The standard InChI is InChI=1S/C20H16N4O4S.BrH/c25-19(26)18-15(14-3-1-2-4-16(14)22-18)9-10-21-20-23-17(11-29-20)12-5-7-13(8-6-12)24(27)28;/h1-8,11,22H,9-10H2,(H,21,23)(H,25,26);1H. The number of para-hydroxylation sites is 1. The summed E-state index contributed by atoms with van der Waals surface area (Å²) in [5.74, 6) is -0.981. The number of hydrogen-bond donors (Lipinski definition) is 3. The van der Waals surface area contributed by atoms with Gasteiger partial charge in [0, 0.05) is 40.5 Å². The van der Waals surface area contributed by atoms with Crippen molar-refractivity contribution in [1.29, 1.82) is 0 Å². The number of H-pyrrole nitrogens is 1. The van der Waals surface area contributed by atoms with Gasteiger partial charge in [-0.25, -0.2) is 9.78 Å². The second kappa shape index (κ2) is 9.06. The maximum Gasteiger partial charge on any atom is 0.352 e. The van der Waals surface area contributed by atoms with Gasteiger partial charge in [-0.05, 0) is 30.2 Å². The summed E-state index contributed by atoms with van der Waals surface area (Å²) in [4.78, 5) is 29.3. The van der Waals surface area contributed by atoms with Crippen LogP contribution in [0.15, 0.2) is 53.9 Å². The summed E-state index contributed by atoms with van der Waals surface area (Å²) in [6, 6.07) is 13.8. The summed E-state index contributed by atoms with van der Waals surface area (Å²) in [6.45, 7) is 0.523. The van der Waals surface area contributed by atoms with E-state index in [0.717, 1.165) is 27.7 Å². The predicted octanol–water partition coefficient (Wildman–Crippen LogP) is 5.13. The number of non-ortho nitro benzene ring substituents is 1. The number of carbonyl (C=O) groups is 1. The summed E-state index contributed by atoms with van der Waals surface area (Å²) < 4.78 is 0. The van der Waals surface area contributed by atoms with Crippen LogP contribution in [0, 0.1) is 10.1 Å². The highest BCUT2D eigenvalue weighted by atomic mass is 79.9. The normalized spacial score (nSPS) is 10.5. The third-order valence-corrected chi connectivity index (χ3v) is 5.36. The summed E-state index contributed by atoms with van der Waals surface area (Å²) in [5.41, 5.74) is 3.33. The van der Waals surface area contributed by atoms with Crippen molar-refractivity contribution in [2.75, 3.05) is 11.9 Å². The van der Waals surface area contributed by atoms with Crippen LogP contribution in [0.5, 0.6) is 0 Å². The average molecular weight is 489 g/mol. The molecule has 4 aromatic rings. The first-order valence-corrected chi connectivity index (χ1v) is 9.68. The maximum atomic E-state index is 11.5. The number of aromatic amines is 1. The molecule has 0 fully saturated rings. The Bertz CT molecular complexity index is 1200. The Kier molecular flexibility index (Phi) is 6.48. The molecule has 0 bridgehead atoms. The number of thiazole rings is 1. The Morgan fingerprint density at radius 3 is 2.63 bits per heavy atom. The van der Waals surface area contributed by atoms with Crippen molar-refractivity contribution >= 4 is 56.0 Å². The average Bonchev–Trinajstić information content (AvgIpc) is 3.33. The summed E-state index contributed by atoms with van der Waals surface area (Å²) in [5, 5.41) is 26.9. The highest BCUT2D eigenvalue weighted by Crippen LogP contribution is 2.27. The molecule has 0 saturated carbocycles. The molecular formula is C20H17BrN4O4S. The number of carboxylic acids is 1. The van der Waals surface area contributed by atoms with E-state index in [9.17, 15) is 20.0 Å². The molecule has 154 valence electrons. The van der Waals surface area contributed by atoms with Crippen molar-refractivity contribution in [2.24, 2.45) is 0 Å². The molecule has 0 atom stereocenters. The number of nitrogens with zero attached hydrogens (tertiary/aromatic N) is 2. The van der Waals surface area contributed by atoms with E-state index in [1.807, 2.05) is 29.6 Å². The number of hydrogen-bond acceptors (Lipinski definition) is 6. The molecule has 10 heteroatoms. The van der Waals surface area contributed by atoms with E-state index < -0.39 is 10.9 Å². The van der Waals surface area contributed by atoms with E-state index in [2.05, 4.69) is 15.3 Å². The molecule has 0 aliphatic heterocycles. The Labute approximate surface area is 185 Å². The molecule has 0 unspecified atom stereocenters. The van der Waals surface area contributed by atoms with Crippen LogP contribution in [0.1, 0.15) is 16.1 Å². The van der Waals surface area contributed by atoms with E-state index in [0.29, 0.717) is 18.1 Å². The van der Waals surface area contributed by atoms with Crippen molar-refractivity contribution in [3.63, 3.8) is 0 Å². The minimum Gasteiger partial charge on any atom is -0.477 e. The van der Waals surface area contributed by atoms with Gasteiger partial charge in [-0.2, -0.15) is 0 Å². The zero-order valence-corrected chi connectivity index (χ0v) is 18.0. The van der Waals surface area contributed by atoms with Crippen LogP contribution in [-0.4, -0.2) is 32.5 Å². The fraction of sp³-hybridized carbons (Fsp3) is 0.100. The number of aromatic nitrogens is 2. The van der Waals surface area contributed by atoms with Crippen LogP contribution in [-0.2, 0) is 6.42 Å². The van der Waals surface area contributed by atoms with E-state index in [1.165, 1.54) is 23.5 Å². The van der Waals surface area contributed by atoms with Gasteiger partial charge in [0.05, 0.1) is 10.6 Å². The minimum atomic E-state index is -0.981. The van der Waals surface area contributed by atoms with Crippen LogP contribution in [0.3, 0.4) is 0 Å². The highest BCUT2D eigenvalue weighted by Gasteiger charge is 2.16. The number of rotatable bonds is 7. The first-order valence-electron chi connectivity index (χ1n) is 8.80. The lowest BCUT2D eigenvalue weighted by Crippen LogP contribution is -2.08. The van der Waals surface area contributed by atoms with Crippen molar-refractivity contribution < 1.29 is 14.8 Å². The van der Waals surface area contributed by atoms with Gasteiger partial charge in [-0.3, -0.25) is 10.1 Å². The van der Waals surface area contributed by atoms with E-state index in [-0.39, 0.29) is 28.4 Å². The lowest BCUT2D eigenvalue weighted by Gasteiger charge is -2.04. The molecule has 2 aromatic carbocycles. The number of halogens is 1. The third kappa shape index (κ3) is 4.34. The van der Waals surface area contributed by atoms with Crippen LogP contribution in [0.4, 0.5) is 10.8 Å².